The van der Waals surface area contributed by atoms with Gasteiger partial charge in [-0.2, -0.15) is 13.2 Å². The van der Waals surface area contributed by atoms with Gasteiger partial charge in [-0.15, -0.1) is 0 Å². The number of nitrogens with zero attached hydrogens (tertiary/aromatic N) is 1. The highest BCUT2D eigenvalue weighted by atomic mass is 19.4. The van der Waals surface area contributed by atoms with E-state index >= 15 is 0 Å². The van der Waals surface area contributed by atoms with E-state index in [-0.39, 0.29) is 13.1 Å². The molecular formula is C12H12F3NO4. The molecule has 1 aliphatic rings. The van der Waals surface area contributed by atoms with E-state index in [0.717, 1.165) is 23.1 Å². The molecule has 1 atom stereocenters. The highest BCUT2D eigenvalue weighted by molar-refractivity contribution is 6.09. The third-order valence-electron chi connectivity index (χ3n) is 2.57. The van der Waals surface area contributed by atoms with Gasteiger partial charge in [0, 0.05) is 5.69 Å². The van der Waals surface area contributed by atoms with Crippen molar-refractivity contribution in [3.05, 3.63) is 29.8 Å². The molecule has 0 spiro atoms. The normalized spacial score (nSPS) is 18.9. The van der Waals surface area contributed by atoms with Gasteiger partial charge in [-0.1, -0.05) is 13.5 Å². The molecule has 1 heterocycles. The van der Waals surface area contributed by atoms with E-state index in [2.05, 4.69) is 0 Å². The Labute approximate surface area is 112 Å². The summed E-state index contributed by atoms with van der Waals surface area (Å²) >= 11 is 0. The summed E-state index contributed by atoms with van der Waals surface area (Å²) in [5, 5.41) is 8.68. The molecule has 2 rings (SSSR count). The maximum absolute atomic E-state index is 12.5. The number of hydrogen-bond donors (Lipinski definition) is 1. The van der Waals surface area contributed by atoms with Crippen molar-refractivity contribution in [1.29, 1.82) is 0 Å². The first-order valence-electron chi connectivity index (χ1n) is 5.14. The summed E-state index contributed by atoms with van der Waals surface area (Å²) in [5.74, 6) is -2.37. The Balaban J connectivity index is 0.00000200. The van der Waals surface area contributed by atoms with Gasteiger partial charge in [-0.3, -0.25) is 9.69 Å². The van der Waals surface area contributed by atoms with Gasteiger partial charge in [0.2, 0.25) is 6.10 Å². The predicted octanol–water partition coefficient (Wildman–Crippen LogP) is 2.12. The molecule has 1 unspecified atom stereocenters. The van der Waals surface area contributed by atoms with Gasteiger partial charge in [0.25, 0.3) is 5.91 Å². The number of carboxylic acid groups (broad SMARTS) is 1. The van der Waals surface area contributed by atoms with Crippen LogP contribution in [0.2, 0.25) is 0 Å². The number of amides is 1. The van der Waals surface area contributed by atoms with Gasteiger partial charge < -0.3 is 9.84 Å². The Morgan fingerprint density at radius 3 is 2.55 bits per heavy atom. The Bertz CT molecular complexity index is 530. The van der Waals surface area contributed by atoms with Gasteiger partial charge in [0.15, 0.2) is 0 Å². The maximum atomic E-state index is 12.5. The average molecular weight is 291 g/mol. The standard InChI is InChI=1S/C11H8F3NO4.CH4/c12-11(13,14)6-2-1-3-7(4-6)15-5-19-8(9(15)16)10(17)18;/h1-4,8H,5H2,(H,17,18);1H4. The first-order valence-corrected chi connectivity index (χ1v) is 5.14. The summed E-state index contributed by atoms with van der Waals surface area (Å²) in [6, 6.07) is 4.05. The molecule has 0 bridgehead atoms. The fourth-order valence-corrected chi connectivity index (χ4v) is 1.65. The molecule has 0 radical (unpaired) electrons. The smallest absolute Gasteiger partial charge is 0.416 e. The Morgan fingerprint density at radius 1 is 1.40 bits per heavy atom. The average Bonchev–Trinajstić information content (AvgIpc) is 2.70. The monoisotopic (exact) mass is 291 g/mol. The highest BCUT2D eigenvalue weighted by Crippen LogP contribution is 2.32. The zero-order valence-electron chi connectivity index (χ0n) is 9.35. The first-order chi connectivity index (χ1) is 8.80. The van der Waals surface area contributed by atoms with Gasteiger partial charge in [0.1, 0.15) is 6.73 Å². The molecule has 1 aromatic rings. The SMILES string of the molecule is C.O=C(O)C1OCN(c2cccc(C(F)(F)F)c2)C1=O. The summed E-state index contributed by atoms with van der Waals surface area (Å²) in [6.07, 6.45) is -6.21. The maximum Gasteiger partial charge on any atom is 0.416 e. The third-order valence-corrected chi connectivity index (χ3v) is 2.57. The van der Waals surface area contributed by atoms with E-state index < -0.39 is 36.5 Å². The molecule has 110 valence electrons. The van der Waals surface area contributed by atoms with Crippen molar-refractivity contribution in [1.82, 2.24) is 0 Å². The molecule has 1 aliphatic heterocycles. The number of carbonyl (C=O) groups excluding carboxylic acids is 1. The molecule has 5 nitrogen and oxygen atoms in total. The molecule has 1 fully saturated rings. The van der Waals surface area contributed by atoms with Crippen LogP contribution >= 0.6 is 0 Å². The van der Waals surface area contributed by atoms with E-state index in [1.807, 2.05) is 0 Å². The van der Waals surface area contributed by atoms with Crippen molar-refractivity contribution >= 4 is 17.6 Å². The van der Waals surface area contributed by atoms with Gasteiger partial charge in [0.05, 0.1) is 5.56 Å². The van der Waals surface area contributed by atoms with Crippen LogP contribution in [0.5, 0.6) is 0 Å². The number of hydrogen-bond acceptors (Lipinski definition) is 3. The minimum absolute atomic E-state index is 0. The highest BCUT2D eigenvalue weighted by Gasteiger charge is 2.39. The molecule has 8 heteroatoms. The van der Waals surface area contributed by atoms with E-state index in [1.165, 1.54) is 6.07 Å². The minimum atomic E-state index is -4.54. The van der Waals surface area contributed by atoms with Crippen LogP contribution in [0.15, 0.2) is 24.3 Å². The van der Waals surface area contributed by atoms with Gasteiger partial charge in [-0.05, 0) is 18.2 Å². The van der Waals surface area contributed by atoms with Crippen molar-refractivity contribution < 1.29 is 32.6 Å². The van der Waals surface area contributed by atoms with Crippen LogP contribution in [0.3, 0.4) is 0 Å². The lowest BCUT2D eigenvalue weighted by atomic mass is 10.2. The van der Waals surface area contributed by atoms with E-state index in [9.17, 15) is 22.8 Å². The van der Waals surface area contributed by atoms with Crippen molar-refractivity contribution in [3.63, 3.8) is 0 Å². The Hall–Kier alpha value is -2.09. The lowest BCUT2D eigenvalue weighted by Gasteiger charge is -2.16. The number of carbonyl (C=O) groups is 2. The molecule has 1 N–H and O–H groups in total. The first kappa shape index (κ1) is 16.0. The van der Waals surface area contributed by atoms with Crippen LogP contribution in [0, 0.1) is 0 Å². The summed E-state index contributed by atoms with van der Waals surface area (Å²) in [7, 11) is 0. The second-order valence-corrected chi connectivity index (χ2v) is 3.83. The summed E-state index contributed by atoms with van der Waals surface area (Å²) < 4.78 is 42.3. The summed E-state index contributed by atoms with van der Waals surface area (Å²) in [4.78, 5) is 23.2. The number of ether oxygens (including phenoxy) is 1. The molecule has 0 saturated carbocycles. The molecule has 1 amide bonds. The van der Waals surface area contributed by atoms with Crippen LogP contribution in [0.4, 0.5) is 18.9 Å². The number of carboxylic acids is 1. The zero-order valence-corrected chi connectivity index (χ0v) is 9.35. The topological polar surface area (TPSA) is 66.8 Å². The lowest BCUT2D eigenvalue weighted by molar-refractivity contribution is -0.150. The van der Waals surface area contributed by atoms with Crippen molar-refractivity contribution in [3.8, 4) is 0 Å². The van der Waals surface area contributed by atoms with E-state index in [1.54, 1.807) is 0 Å². The van der Waals surface area contributed by atoms with Crippen molar-refractivity contribution in [2.75, 3.05) is 11.6 Å². The largest absolute Gasteiger partial charge is 0.479 e. The number of alkyl halides is 3. The van der Waals surface area contributed by atoms with Crippen LogP contribution < -0.4 is 4.90 Å². The van der Waals surface area contributed by atoms with Crippen LogP contribution in [-0.2, 0) is 20.5 Å². The zero-order chi connectivity index (χ0) is 14.2. The molecular weight excluding hydrogens is 279 g/mol. The van der Waals surface area contributed by atoms with Crippen molar-refractivity contribution in [2.45, 2.75) is 19.7 Å². The van der Waals surface area contributed by atoms with Gasteiger partial charge in [-0.25, -0.2) is 4.79 Å². The summed E-state index contributed by atoms with van der Waals surface area (Å²) in [6.45, 7) is -0.392. The second-order valence-electron chi connectivity index (χ2n) is 3.83. The van der Waals surface area contributed by atoms with Crippen molar-refractivity contribution in [2.24, 2.45) is 0 Å². The lowest BCUT2D eigenvalue weighted by Crippen LogP contribution is -2.34. The minimum Gasteiger partial charge on any atom is -0.479 e. The van der Waals surface area contributed by atoms with Gasteiger partial charge >= 0.3 is 12.1 Å². The molecule has 0 aromatic heterocycles. The van der Waals surface area contributed by atoms with E-state index in [0.29, 0.717) is 0 Å². The number of rotatable bonds is 2. The van der Waals surface area contributed by atoms with Crippen LogP contribution in [0.25, 0.3) is 0 Å². The second kappa shape index (κ2) is 5.49. The number of aliphatic carboxylic acids is 1. The number of benzene rings is 1. The fourth-order valence-electron chi connectivity index (χ4n) is 1.65. The third kappa shape index (κ3) is 2.90. The number of anilines is 1. The molecule has 20 heavy (non-hydrogen) atoms. The fraction of sp³-hybridized carbons (Fsp3) is 0.333. The number of halogens is 3. The predicted molar refractivity (Wildman–Crippen MR) is 63.0 cm³/mol. The summed E-state index contributed by atoms with van der Waals surface area (Å²) in [5.41, 5.74) is -0.972. The molecule has 1 aromatic carbocycles. The molecule has 0 aliphatic carbocycles. The molecule has 1 saturated heterocycles. The quantitative estimate of drug-likeness (QED) is 0.847. The van der Waals surface area contributed by atoms with Crippen LogP contribution in [0.1, 0.15) is 13.0 Å². The Morgan fingerprint density at radius 2 is 2.05 bits per heavy atom. The Kier molecular flexibility index (Phi) is 4.39. The van der Waals surface area contributed by atoms with Crippen LogP contribution in [-0.4, -0.2) is 29.8 Å². The van der Waals surface area contributed by atoms with E-state index in [4.69, 9.17) is 9.84 Å².